The van der Waals surface area contributed by atoms with Crippen LogP contribution >= 0.6 is 0 Å². The number of benzene rings is 2. The molecular formula is C15H18HgNO2S. The third kappa shape index (κ3) is 5.25. The molecule has 0 N–H and O–H groups in total. The van der Waals surface area contributed by atoms with Crippen LogP contribution in [0.3, 0.4) is 0 Å². The summed E-state index contributed by atoms with van der Waals surface area (Å²) in [5, 5.41) is 0. The summed E-state index contributed by atoms with van der Waals surface area (Å²) >= 11 is 1.07. The van der Waals surface area contributed by atoms with E-state index in [1.165, 1.54) is 8.23 Å². The summed E-state index contributed by atoms with van der Waals surface area (Å²) in [7, 11) is -2.69. The summed E-state index contributed by atoms with van der Waals surface area (Å²) in [6, 6.07) is 16.4. The molecule has 5 heteroatoms. The van der Waals surface area contributed by atoms with Crippen molar-refractivity contribution in [3.8, 4) is 0 Å². The molecule has 0 radical (unpaired) electrons. The molecule has 0 saturated carbocycles. The second-order valence-corrected chi connectivity index (χ2v) is 8.98. The monoisotopic (exact) mass is 478 g/mol. The van der Waals surface area contributed by atoms with E-state index >= 15 is 0 Å². The van der Waals surface area contributed by atoms with Gasteiger partial charge in [0.25, 0.3) is 0 Å². The van der Waals surface area contributed by atoms with Crippen molar-refractivity contribution in [2.45, 2.75) is 17.8 Å². The predicted molar refractivity (Wildman–Crippen MR) is 80.6 cm³/mol. The van der Waals surface area contributed by atoms with Crippen LogP contribution in [0.2, 0.25) is 3.93 Å². The van der Waals surface area contributed by atoms with E-state index < -0.39 is 10.9 Å². The first-order valence-corrected chi connectivity index (χ1v) is 11.5. The molecular weight excluding hydrogens is 459 g/mol. The summed E-state index contributed by atoms with van der Waals surface area (Å²) in [4.78, 5) is 0. The van der Waals surface area contributed by atoms with Crippen molar-refractivity contribution in [1.82, 2.24) is 0 Å². The Morgan fingerprint density at radius 3 is 1.85 bits per heavy atom. The average molecular weight is 477 g/mol. The standard InChI is InChI=1S/C13H13NO2S.C2H5.Hg/c1-11-7-9-13(10-8-11)14(17(15)16)12-5-3-2-4-6-12;1-2;/h2-10,17H,1H3;1H2,2H3;. The number of thiol groups is 1. The fourth-order valence-corrected chi connectivity index (χ4v) is 2.24. The number of nitrogens with zero attached hydrogens (tertiary/aromatic N) is 1. The number of rotatable bonds is 3. The molecule has 2 aromatic rings. The van der Waals surface area contributed by atoms with Crippen molar-refractivity contribution in [2.75, 3.05) is 4.31 Å². The average Bonchev–Trinajstić information content (AvgIpc) is 2.43. The molecule has 0 amide bonds. The molecule has 0 bridgehead atoms. The van der Waals surface area contributed by atoms with E-state index in [2.05, 4.69) is 6.92 Å². The maximum atomic E-state index is 11.3. The quantitative estimate of drug-likeness (QED) is 0.542. The molecule has 0 fully saturated rings. The Labute approximate surface area is 138 Å². The summed E-state index contributed by atoms with van der Waals surface area (Å²) in [6.45, 7) is 4.18. The molecule has 103 valence electrons. The minimum Gasteiger partial charge on any atom is -0.241 e. The van der Waals surface area contributed by atoms with Crippen LogP contribution in [0.4, 0.5) is 11.4 Å². The topological polar surface area (TPSA) is 37.4 Å². The Bertz CT molecular complexity index is 575. The maximum Gasteiger partial charge on any atom is 0.229 e. The zero-order valence-electron chi connectivity index (χ0n) is 11.8. The molecule has 0 aliphatic heterocycles. The van der Waals surface area contributed by atoms with Crippen molar-refractivity contribution in [1.29, 1.82) is 0 Å². The molecule has 0 heterocycles. The van der Waals surface area contributed by atoms with Crippen LogP contribution in [0.25, 0.3) is 0 Å². The van der Waals surface area contributed by atoms with E-state index in [4.69, 9.17) is 0 Å². The smallest absolute Gasteiger partial charge is 0.229 e. The van der Waals surface area contributed by atoms with Gasteiger partial charge in [0.15, 0.2) is 0 Å². The molecule has 20 heavy (non-hydrogen) atoms. The van der Waals surface area contributed by atoms with Crippen LogP contribution in [0.1, 0.15) is 12.5 Å². The van der Waals surface area contributed by atoms with Crippen molar-refractivity contribution in [3.05, 3.63) is 60.2 Å². The van der Waals surface area contributed by atoms with Gasteiger partial charge in [-0.15, -0.1) is 0 Å². The van der Waals surface area contributed by atoms with Crippen LogP contribution in [-0.2, 0) is 37.0 Å². The van der Waals surface area contributed by atoms with E-state index in [-0.39, 0.29) is 0 Å². The van der Waals surface area contributed by atoms with Gasteiger partial charge < -0.3 is 0 Å². The molecule has 0 saturated heterocycles. The normalized spacial score (nSPS) is 9.85. The Hall–Kier alpha value is -0.875. The first kappa shape index (κ1) is 17.2. The minimum atomic E-state index is -2.69. The van der Waals surface area contributed by atoms with Gasteiger partial charge in [0, 0.05) is 0 Å². The maximum absolute atomic E-state index is 11.3. The SMILES string of the molecule is C[CH2][Hg].Cc1ccc(N(c2ccccc2)[SH](=O)=O)cc1. The molecule has 2 rings (SSSR count). The largest absolute Gasteiger partial charge is 0.241 e. The Morgan fingerprint density at radius 1 is 0.950 bits per heavy atom. The third-order valence-corrected chi connectivity index (χ3v) is 3.23. The summed E-state index contributed by atoms with van der Waals surface area (Å²) in [5.74, 6) is 0. The van der Waals surface area contributed by atoms with E-state index in [0.717, 1.165) is 31.7 Å². The van der Waals surface area contributed by atoms with Crippen LogP contribution in [0, 0.1) is 6.92 Å². The number of aryl methyl sites for hydroxylation is 1. The summed E-state index contributed by atoms with van der Waals surface area (Å²) in [5.41, 5.74) is 2.40. The molecule has 0 spiro atoms. The van der Waals surface area contributed by atoms with E-state index in [0.29, 0.717) is 11.4 Å². The summed E-state index contributed by atoms with van der Waals surface area (Å²) < 4.78 is 25.4. The van der Waals surface area contributed by atoms with Crippen LogP contribution in [0.15, 0.2) is 54.6 Å². The Kier molecular flexibility index (Phi) is 7.84. The van der Waals surface area contributed by atoms with Crippen LogP contribution in [0.5, 0.6) is 0 Å². The Morgan fingerprint density at radius 2 is 1.40 bits per heavy atom. The predicted octanol–water partition coefficient (Wildman–Crippen LogP) is 3.63. The zero-order valence-corrected chi connectivity index (χ0v) is 18.2. The van der Waals surface area contributed by atoms with Crippen molar-refractivity contribution < 1.29 is 34.5 Å². The molecule has 0 aliphatic rings. The van der Waals surface area contributed by atoms with Gasteiger partial charge in [-0.05, 0) is 31.2 Å². The van der Waals surface area contributed by atoms with E-state index in [9.17, 15) is 8.42 Å². The second-order valence-electron chi connectivity index (χ2n) is 4.22. The zero-order chi connectivity index (χ0) is 15.0. The minimum absolute atomic E-state index is 0.646. The van der Waals surface area contributed by atoms with Crippen molar-refractivity contribution in [3.63, 3.8) is 0 Å². The van der Waals surface area contributed by atoms with Crippen molar-refractivity contribution >= 4 is 22.3 Å². The fraction of sp³-hybridized carbons (Fsp3) is 0.200. The van der Waals surface area contributed by atoms with E-state index in [1.807, 2.05) is 37.3 Å². The van der Waals surface area contributed by atoms with Crippen LogP contribution in [-0.4, -0.2) is 8.42 Å². The fourth-order valence-electron chi connectivity index (χ4n) is 1.59. The number of hydrogen-bond donors (Lipinski definition) is 1. The van der Waals surface area contributed by atoms with Crippen LogP contribution < -0.4 is 4.31 Å². The van der Waals surface area contributed by atoms with Gasteiger partial charge in [-0.3, -0.25) is 0 Å². The number of anilines is 2. The molecule has 0 aromatic heterocycles. The second kappa shape index (κ2) is 9.13. The molecule has 2 aromatic carbocycles. The first-order valence-electron chi connectivity index (χ1n) is 6.45. The summed E-state index contributed by atoms with van der Waals surface area (Å²) in [6.07, 6.45) is 0. The van der Waals surface area contributed by atoms with Gasteiger partial charge in [-0.2, -0.15) is 0 Å². The van der Waals surface area contributed by atoms with Gasteiger partial charge >= 0.3 is 37.0 Å². The number of para-hydroxylation sites is 1. The van der Waals surface area contributed by atoms with Gasteiger partial charge in [0.2, 0.25) is 10.9 Å². The molecule has 0 aliphatic carbocycles. The van der Waals surface area contributed by atoms with Gasteiger partial charge in [-0.1, -0.05) is 35.9 Å². The molecule has 0 unspecified atom stereocenters. The molecule has 3 nitrogen and oxygen atoms in total. The van der Waals surface area contributed by atoms with Gasteiger partial charge in [0.1, 0.15) is 0 Å². The van der Waals surface area contributed by atoms with Crippen molar-refractivity contribution in [2.24, 2.45) is 0 Å². The Balaban J connectivity index is 0.000000612. The van der Waals surface area contributed by atoms with E-state index in [1.54, 1.807) is 24.3 Å². The third-order valence-electron chi connectivity index (χ3n) is 2.44. The first-order chi connectivity index (χ1) is 9.60. The molecule has 0 atom stereocenters. The van der Waals surface area contributed by atoms with Gasteiger partial charge in [-0.25, -0.2) is 12.7 Å². The number of hydrogen-bond acceptors (Lipinski definition) is 2. The van der Waals surface area contributed by atoms with Gasteiger partial charge in [0.05, 0.1) is 11.4 Å².